The summed E-state index contributed by atoms with van der Waals surface area (Å²) in [5, 5.41) is 2.36. The number of halogens is 2. The molecule has 6 atom stereocenters. The van der Waals surface area contributed by atoms with E-state index in [1.54, 1.807) is 0 Å². The third-order valence-corrected chi connectivity index (χ3v) is 6.08. The summed E-state index contributed by atoms with van der Waals surface area (Å²) in [6.07, 6.45) is -0.332. The molecule has 14 heavy (non-hydrogen) atoms. The molecule has 0 aromatic rings. The van der Waals surface area contributed by atoms with Crippen molar-refractivity contribution in [2.24, 2.45) is 11.8 Å². The zero-order chi connectivity index (χ0) is 10.0. The van der Waals surface area contributed by atoms with E-state index < -0.39 is 0 Å². The van der Waals surface area contributed by atoms with Crippen molar-refractivity contribution in [1.29, 1.82) is 0 Å². The van der Waals surface area contributed by atoms with Gasteiger partial charge in [0.2, 0.25) is 11.8 Å². The van der Waals surface area contributed by atoms with E-state index in [-0.39, 0.29) is 45.5 Å². The molecule has 3 fully saturated rings. The lowest BCUT2D eigenvalue weighted by Gasteiger charge is -2.24. The largest absolute Gasteiger partial charge is 0.371 e. The summed E-state index contributed by atoms with van der Waals surface area (Å²) in [7, 11) is 0. The minimum absolute atomic E-state index is 0.116. The van der Waals surface area contributed by atoms with Crippen LogP contribution in [0.3, 0.4) is 0 Å². The lowest BCUT2D eigenvalue weighted by molar-refractivity contribution is -0.128. The predicted octanol–water partition coefficient (Wildman–Crippen LogP) is 0.183. The highest BCUT2D eigenvalue weighted by Gasteiger charge is 2.65. The van der Waals surface area contributed by atoms with Crippen LogP contribution in [-0.4, -0.2) is 33.7 Å². The van der Waals surface area contributed by atoms with Crippen molar-refractivity contribution < 1.29 is 14.3 Å². The van der Waals surface area contributed by atoms with Crippen LogP contribution in [0.2, 0.25) is 0 Å². The highest BCUT2D eigenvalue weighted by molar-refractivity contribution is 9.12. The molecule has 2 bridgehead atoms. The van der Waals surface area contributed by atoms with Gasteiger partial charge < -0.3 is 4.74 Å². The first-order valence-electron chi connectivity index (χ1n) is 4.39. The third-order valence-electron chi connectivity index (χ3n) is 3.19. The molecule has 76 valence electrons. The average molecular weight is 325 g/mol. The van der Waals surface area contributed by atoms with Crippen LogP contribution < -0.4 is 5.32 Å². The van der Waals surface area contributed by atoms with E-state index in [2.05, 4.69) is 37.2 Å². The van der Waals surface area contributed by atoms with Crippen molar-refractivity contribution in [3.63, 3.8) is 0 Å². The molecule has 0 aromatic heterocycles. The van der Waals surface area contributed by atoms with Crippen molar-refractivity contribution in [2.45, 2.75) is 21.9 Å². The van der Waals surface area contributed by atoms with Crippen molar-refractivity contribution in [3.8, 4) is 0 Å². The van der Waals surface area contributed by atoms with E-state index in [0.717, 1.165) is 0 Å². The van der Waals surface area contributed by atoms with Gasteiger partial charge in [0, 0.05) is 0 Å². The fourth-order valence-electron chi connectivity index (χ4n) is 2.58. The second kappa shape index (κ2) is 2.80. The molecular formula is C8H7Br2NO3. The zero-order valence-corrected chi connectivity index (χ0v) is 10.1. The monoisotopic (exact) mass is 323 g/mol. The number of hydrogen-bond acceptors (Lipinski definition) is 3. The number of carbonyl (C=O) groups excluding carboxylic acids is 2. The predicted molar refractivity (Wildman–Crippen MR) is 54.2 cm³/mol. The summed E-state index contributed by atoms with van der Waals surface area (Å²) < 4.78 is 5.63. The number of imide groups is 1. The fraction of sp³-hybridized carbons (Fsp3) is 0.750. The maximum absolute atomic E-state index is 11.5. The quantitative estimate of drug-likeness (QED) is 0.511. The first kappa shape index (κ1) is 9.30. The molecule has 1 N–H and O–H groups in total. The molecular weight excluding hydrogens is 318 g/mol. The van der Waals surface area contributed by atoms with E-state index in [4.69, 9.17) is 4.74 Å². The summed E-state index contributed by atoms with van der Waals surface area (Å²) in [6.45, 7) is 0. The number of alkyl halides is 2. The molecule has 4 nitrogen and oxygen atoms in total. The Morgan fingerprint density at radius 3 is 1.86 bits per heavy atom. The number of ether oxygens (including phenoxy) is 1. The van der Waals surface area contributed by atoms with Gasteiger partial charge in [-0.05, 0) is 0 Å². The third kappa shape index (κ3) is 0.919. The molecule has 3 saturated heterocycles. The lowest BCUT2D eigenvalue weighted by Crippen LogP contribution is -2.42. The van der Waals surface area contributed by atoms with E-state index in [9.17, 15) is 9.59 Å². The van der Waals surface area contributed by atoms with Gasteiger partial charge in [-0.15, -0.1) is 0 Å². The van der Waals surface area contributed by atoms with Crippen LogP contribution in [-0.2, 0) is 14.3 Å². The SMILES string of the molecule is O=C1NC(=O)[C@H]2[C@H]3O[C@@H]([C@H](Br)[C@@H]3Br)[C@H]12. The standard InChI is InChI=1S/C8H7Br2NO3/c9-3-4(10)6-2-1(5(3)14-6)7(12)11-8(2)13/h1-6H,(H,11,12,13)/t1-,2-,3-,4+,5-,6-/m1/s1. The minimum Gasteiger partial charge on any atom is -0.371 e. The summed E-state index contributed by atoms with van der Waals surface area (Å²) >= 11 is 6.96. The number of hydrogen-bond donors (Lipinski definition) is 1. The Bertz CT molecular complexity index is 305. The van der Waals surface area contributed by atoms with Crippen LogP contribution in [0, 0.1) is 11.8 Å². The van der Waals surface area contributed by atoms with Gasteiger partial charge in [0.05, 0.1) is 33.7 Å². The Balaban J connectivity index is 2.01. The zero-order valence-electron chi connectivity index (χ0n) is 6.94. The number of rotatable bonds is 0. The normalized spacial score (nSPS) is 55.0. The molecule has 0 unspecified atom stereocenters. The van der Waals surface area contributed by atoms with Gasteiger partial charge in [0.1, 0.15) is 0 Å². The number of nitrogens with one attached hydrogen (secondary N) is 1. The number of amides is 2. The molecule has 0 saturated carbocycles. The second-order valence-electron chi connectivity index (χ2n) is 3.86. The first-order chi connectivity index (χ1) is 6.61. The molecule has 3 rings (SSSR count). The molecule has 0 aliphatic carbocycles. The second-order valence-corrected chi connectivity index (χ2v) is 5.97. The molecule has 0 spiro atoms. The Hall–Kier alpha value is 0.0600. The highest BCUT2D eigenvalue weighted by atomic mass is 79.9. The van der Waals surface area contributed by atoms with Crippen LogP contribution in [0.5, 0.6) is 0 Å². The van der Waals surface area contributed by atoms with Crippen LogP contribution in [0.15, 0.2) is 0 Å². The molecule has 3 heterocycles. The first-order valence-corrected chi connectivity index (χ1v) is 6.22. The van der Waals surface area contributed by atoms with Crippen LogP contribution in [0.4, 0.5) is 0 Å². The summed E-state index contributed by atoms with van der Waals surface area (Å²) in [5.41, 5.74) is 0. The summed E-state index contributed by atoms with van der Waals surface area (Å²) in [4.78, 5) is 23.2. The summed E-state index contributed by atoms with van der Waals surface area (Å²) in [6, 6.07) is 0. The number of fused-ring (bicyclic) bond motifs is 5. The summed E-state index contributed by atoms with van der Waals surface area (Å²) in [5.74, 6) is -0.941. The van der Waals surface area contributed by atoms with E-state index in [1.807, 2.05) is 0 Å². The van der Waals surface area contributed by atoms with E-state index in [0.29, 0.717) is 0 Å². The minimum atomic E-state index is -0.286. The molecule has 3 aliphatic rings. The van der Waals surface area contributed by atoms with Gasteiger partial charge in [0.15, 0.2) is 0 Å². The van der Waals surface area contributed by atoms with Crippen LogP contribution in [0.1, 0.15) is 0 Å². The fourth-order valence-corrected chi connectivity index (χ4v) is 4.09. The van der Waals surface area contributed by atoms with Crippen molar-refractivity contribution in [2.75, 3.05) is 0 Å². The smallest absolute Gasteiger partial charge is 0.233 e. The number of carbonyl (C=O) groups is 2. The topological polar surface area (TPSA) is 55.4 Å². The van der Waals surface area contributed by atoms with Crippen molar-refractivity contribution in [3.05, 3.63) is 0 Å². The maximum Gasteiger partial charge on any atom is 0.233 e. The van der Waals surface area contributed by atoms with Gasteiger partial charge in [-0.1, -0.05) is 31.9 Å². The average Bonchev–Trinajstić information content (AvgIpc) is 2.71. The van der Waals surface area contributed by atoms with E-state index >= 15 is 0 Å². The van der Waals surface area contributed by atoms with Gasteiger partial charge in [-0.3, -0.25) is 14.9 Å². The van der Waals surface area contributed by atoms with Crippen LogP contribution >= 0.6 is 31.9 Å². The maximum atomic E-state index is 11.5. The molecule has 3 aliphatic heterocycles. The lowest BCUT2D eigenvalue weighted by atomic mass is 9.81. The van der Waals surface area contributed by atoms with Gasteiger partial charge in [-0.2, -0.15) is 0 Å². The van der Waals surface area contributed by atoms with Crippen LogP contribution in [0.25, 0.3) is 0 Å². The van der Waals surface area contributed by atoms with E-state index in [1.165, 1.54) is 0 Å². The van der Waals surface area contributed by atoms with Gasteiger partial charge in [-0.25, -0.2) is 0 Å². The highest BCUT2D eigenvalue weighted by Crippen LogP contribution is 2.51. The molecule has 0 aromatic carbocycles. The Morgan fingerprint density at radius 1 is 1.00 bits per heavy atom. The Morgan fingerprint density at radius 2 is 1.43 bits per heavy atom. The molecule has 6 heteroatoms. The van der Waals surface area contributed by atoms with Crippen molar-refractivity contribution >= 4 is 43.7 Å². The molecule has 2 amide bonds. The Labute approximate surface area is 97.0 Å². The molecule has 0 radical (unpaired) electrons. The van der Waals surface area contributed by atoms with Crippen molar-refractivity contribution in [1.82, 2.24) is 5.32 Å². The van der Waals surface area contributed by atoms with Gasteiger partial charge in [0.25, 0.3) is 0 Å². The van der Waals surface area contributed by atoms with Gasteiger partial charge >= 0.3 is 0 Å². The Kier molecular flexibility index (Phi) is 1.86.